The van der Waals surface area contributed by atoms with Gasteiger partial charge in [0.2, 0.25) is 11.8 Å². The lowest BCUT2D eigenvalue weighted by atomic mass is 10.4. The molecule has 0 spiro atoms. The fraction of sp³-hybridized carbons (Fsp3) is 0.667. The molecule has 2 N–H and O–H groups in total. The summed E-state index contributed by atoms with van der Waals surface area (Å²) in [4.78, 5) is 34.0. The SMILES string of the molecule is O=C(O)CCNC(=O)CN1CCCC1=O. The van der Waals surface area contributed by atoms with Crippen LogP contribution in [0.5, 0.6) is 0 Å². The number of amides is 2. The number of hydrogen-bond donors (Lipinski definition) is 2. The van der Waals surface area contributed by atoms with Gasteiger partial charge >= 0.3 is 5.97 Å². The number of carboxylic acids is 1. The van der Waals surface area contributed by atoms with Crippen LogP contribution in [0.1, 0.15) is 19.3 Å². The highest BCUT2D eigenvalue weighted by atomic mass is 16.4. The summed E-state index contributed by atoms with van der Waals surface area (Å²) in [5.74, 6) is -1.26. The molecule has 2 amide bonds. The molecule has 1 saturated heterocycles. The molecule has 1 aliphatic rings. The van der Waals surface area contributed by atoms with Gasteiger partial charge in [-0.3, -0.25) is 14.4 Å². The Bertz CT molecular complexity index is 277. The Morgan fingerprint density at radius 1 is 1.47 bits per heavy atom. The summed E-state index contributed by atoms with van der Waals surface area (Å²) in [5.41, 5.74) is 0. The lowest BCUT2D eigenvalue weighted by Crippen LogP contribution is -2.38. The second-order valence-electron chi connectivity index (χ2n) is 3.41. The highest BCUT2D eigenvalue weighted by Gasteiger charge is 2.21. The van der Waals surface area contributed by atoms with Crippen molar-refractivity contribution in [2.45, 2.75) is 19.3 Å². The molecule has 0 atom stereocenters. The molecular weight excluding hydrogens is 200 g/mol. The monoisotopic (exact) mass is 214 g/mol. The van der Waals surface area contributed by atoms with Gasteiger partial charge in [0, 0.05) is 19.5 Å². The van der Waals surface area contributed by atoms with Gasteiger partial charge < -0.3 is 15.3 Å². The van der Waals surface area contributed by atoms with Gasteiger partial charge in [-0.15, -0.1) is 0 Å². The van der Waals surface area contributed by atoms with Crippen molar-refractivity contribution in [3.63, 3.8) is 0 Å². The highest BCUT2D eigenvalue weighted by Crippen LogP contribution is 2.08. The molecule has 1 fully saturated rings. The normalized spacial score (nSPS) is 15.5. The summed E-state index contributed by atoms with van der Waals surface area (Å²) < 4.78 is 0. The Balaban J connectivity index is 2.18. The molecule has 1 heterocycles. The maximum atomic E-state index is 11.2. The zero-order chi connectivity index (χ0) is 11.3. The van der Waals surface area contributed by atoms with Gasteiger partial charge in [-0.25, -0.2) is 0 Å². The predicted molar refractivity (Wildman–Crippen MR) is 51.1 cm³/mol. The molecule has 6 heteroatoms. The molecule has 0 saturated carbocycles. The molecule has 0 bridgehead atoms. The van der Waals surface area contributed by atoms with Crippen molar-refractivity contribution < 1.29 is 19.5 Å². The van der Waals surface area contributed by atoms with Crippen LogP contribution in [0.2, 0.25) is 0 Å². The average Bonchev–Trinajstić information content (AvgIpc) is 2.51. The van der Waals surface area contributed by atoms with E-state index in [0.29, 0.717) is 13.0 Å². The zero-order valence-electron chi connectivity index (χ0n) is 8.36. The molecule has 0 radical (unpaired) electrons. The summed E-state index contributed by atoms with van der Waals surface area (Å²) in [5, 5.41) is 10.8. The van der Waals surface area contributed by atoms with Crippen LogP contribution in [0.4, 0.5) is 0 Å². The summed E-state index contributed by atoms with van der Waals surface area (Å²) in [6.07, 6.45) is 1.20. The number of carbonyl (C=O) groups is 3. The van der Waals surface area contributed by atoms with Gasteiger partial charge in [0.25, 0.3) is 0 Å². The Labute approximate surface area is 87.2 Å². The number of hydrogen-bond acceptors (Lipinski definition) is 3. The van der Waals surface area contributed by atoms with E-state index in [9.17, 15) is 14.4 Å². The molecule has 1 rings (SSSR count). The predicted octanol–water partition coefficient (Wildman–Crippen LogP) is -0.800. The van der Waals surface area contributed by atoms with E-state index in [1.54, 1.807) is 0 Å². The molecule has 15 heavy (non-hydrogen) atoms. The van der Waals surface area contributed by atoms with Gasteiger partial charge in [0.05, 0.1) is 13.0 Å². The quantitative estimate of drug-likeness (QED) is 0.627. The van der Waals surface area contributed by atoms with Gasteiger partial charge in [-0.05, 0) is 6.42 Å². The van der Waals surface area contributed by atoms with Crippen LogP contribution in [0.25, 0.3) is 0 Å². The number of likely N-dealkylation sites (tertiary alicyclic amines) is 1. The fourth-order valence-electron chi connectivity index (χ4n) is 1.41. The largest absolute Gasteiger partial charge is 0.481 e. The molecule has 0 aromatic carbocycles. The summed E-state index contributed by atoms with van der Waals surface area (Å²) in [6, 6.07) is 0. The number of nitrogens with one attached hydrogen (secondary N) is 1. The summed E-state index contributed by atoms with van der Waals surface area (Å²) in [7, 11) is 0. The minimum absolute atomic E-state index is 0.0108. The van der Waals surface area contributed by atoms with E-state index in [1.807, 2.05) is 0 Å². The fourth-order valence-corrected chi connectivity index (χ4v) is 1.41. The van der Waals surface area contributed by atoms with Crippen LogP contribution < -0.4 is 5.32 Å². The van der Waals surface area contributed by atoms with E-state index in [1.165, 1.54) is 4.90 Å². The number of carboxylic acid groups (broad SMARTS) is 1. The lowest BCUT2D eigenvalue weighted by molar-refractivity contribution is -0.137. The Hall–Kier alpha value is -1.59. The van der Waals surface area contributed by atoms with Gasteiger partial charge in [0.15, 0.2) is 0 Å². The van der Waals surface area contributed by atoms with Crippen LogP contribution in [0.15, 0.2) is 0 Å². The van der Waals surface area contributed by atoms with Crippen molar-refractivity contribution >= 4 is 17.8 Å². The van der Waals surface area contributed by atoms with Crippen molar-refractivity contribution in [3.05, 3.63) is 0 Å². The summed E-state index contributed by atoms with van der Waals surface area (Å²) >= 11 is 0. The molecule has 1 aliphatic heterocycles. The minimum atomic E-state index is -0.951. The first kappa shape index (κ1) is 11.5. The van der Waals surface area contributed by atoms with E-state index in [2.05, 4.69) is 5.32 Å². The van der Waals surface area contributed by atoms with Crippen LogP contribution >= 0.6 is 0 Å². The zero-order valence-corrected chi connectivity index (χ0v) is 8.36. The molecule has 84 valence electrons. The second kappa shape index (κ2) is 5.33. The third-order valence-corrected chi connectivity index (χ3v) is 2.17. The van der Waals surface area contributed by atoms with Crippen molar-refractivity contribution in [1.82, 2.24) is 10.2 Å². The second-order valence-corrected chi connectivity index (χ2v) is 3.41. The van der Waals surface area contributed by atoms with Crippen molar-refractivity contribution in [2.75, 3.05) is 19.6 Å². The molecule has 0 unspecified atom stereocenters. The topological polar surface area (TPSA) is 86.7 Å². The van der Waals surface area contributed by atoms with Crippen LogP contribution in [-0.2, 0) is 14.4 Å². The maximum absolute atomic E-state index is 11.2. The number of nitrogens with zero attached hydrogens (tertiary/aromatic N) is 1. The van der Waals surface area contributed by atoms with Gasteiger partial charge in [0.1, 0.15) is 0 Å². The lowest BCUT2D eigenvalue weighted by Gasteiger charge is -2.14. The van der Waals surface area contributed by atoms with E-state index in [0.717, 1.165) is 6.42 Å². The molecule has 6 nitrogen and oxygen atoms in total. The Morgan fingerprint density at radius 3 is 2.73 bits per heavy atom. The van der Waals surface area contributed by atoms with Crippen molar-refractivity contribution in [2.24, 2.45) is 0 Å². The highest BCUT2D eigenvalue weighted by molar-refractivity contribution is 5.85. The molecule has 0 aliphatic carbocycles. The van der Waals surface area contributed by atoms with Gasteiger partial charge in [-0.1, -0.05) is 0 Å². The Kier molecular flexibility index (Phi) is 4.08. The number of rotatable bonds is 5. The first-order valence-electron chi connectivity index (χ1n) is 4.86. The van der Waals surface area contributed by atoms with E-state index < -0.39 is 5.97 Å². The standard InChI is InChI=1S/C9H14N2O4/c12-7(10-4-3-9(14)15)6-11-5-1-2-8(11)13/h1-6H2,(H,10,12)(H,14,15). The minimum Gasteiger partial charge on any atom is -0.481 e. The summed E-state index contributed by atoms with van der Waals surface area (Å²) in [6.45, 7) is 0.764. The van der Waals surface area contributed by atoms with E-state index >= 15 is 0 Å². The van der Waals surface area contributed by atoms with E-state index in [4.69, 9.17) is 5.11 Å². The van der Waals surface area contributed by atoms with Gasteiger partial charge in [-0.2, -0.15) is 0 Å². The first-order valence-corrected chi connectivity index (χ1v) is 4.86. The first-order chi connectivity index (χ1) is 7.09. The van der Waals surface area contributed by atoms with Crippen LogP contribution in [-0.4, -0.2) is 47.4 Å². The Morgan fingerprint density at radius 2 is 2.20 bits per heavy atom. The number of aliphatic carboxylic acids is 1. The average molecular weight is 214 g/mol. The maximum Gasteiger partial charge on any atom is 0.305 e. The van der Waals surface area contributed by atoms with Crippen molar-refractivity contribution in [1.29, 1.82) is 0 Å². The smallest absolute Gasteiger partial charge is 0.305 e. The van der Waals surface area contributed by atoms with Crippen LogP contribution in [0.3, 0.4) is 0 Å². The molecular formula is C9H14N2O4. The molecule has 0 aromatic rings. The van der Waals surface area contributed by atoms with Crippen LogP contribution in [0, 0.1) is 0 Å². The molecule has 0 aromatic heterocycles. The van der Waals surface area contributed by atoms with Crippen molar-refractivity contribution in [3.8, 4) is 0 Å². The third-order valence-electron chi connectivity index (χ3n) is 2.17. The third kappa shape index (κ3) is 3.97. The van der Waals surface area contributed by atoms with E-state index in [-0.39, 0.29) is 31.3 Å². The number of carbonyl (C=O) groups excluding carboxylic acids is 2.